The van der Waals surface area contributed by atoms with E-state index in [1.807, 2.05) is 32.0 Å². The Morgan fingerprint density at radius 2 is 1.72 bits per heavy atom. The van der Waals surface area contributed by atoms with Gasteiger partial charge in [-0.25, -0.2) is 4.98 Å². The summed E-state index contributed by atoms with van der Waals surface area (Å²) in [5.74, 6) is 0.520. The van der Waals surface area contributed by atoms with Crippen LogP contribution >= 0.6 is 0 Å². The molecule has 0 unspecified atom stereocenters. The highest BCUT2D eigenvalue weighted by molar-refractivity contribution is 5.93. The van der Waals surface area contributed by atoms with E-state index in [4.69, 9.17) is 15.6 Å². The quantitative estimate of drug-likeness (QED) is 0.160. The average Bonchev–Trinajstić information content (AvgIpc) is 2.87. The van der Waals surface area contributed by atoms with Crippen LogP contribution in [0, 0.1) is 6.92 Å². The summed E-state index contributed by atoms with van der Waals surface area (Å²) in [6, 6.07) is 8.04. The number of benzene rings is 1. The number of fused-ring (bicyclic) bond motifs is 1. The van der Waals surface area contributed by atoms with Crippen LogP contribution in [0.3, 0.4) is 0 Å². The molecule has 2 rings (SSSR count). The largest absolute Gasteiger partial charge is 0.400 e. The van der Waals surface area contributed by atoms with E-state index in [0.717, 1.165) is 80.7 Å². The van der Waals surface area contributed by atoms with Gasteiger partial charge < -0.3 is 20.9 Å². The minimum absolute atomic E-state index is 0.192. The van der Waals surface area contributed by atoms with Gasteiger partial charge in [-0.3, -0.25) is 10.3 Å². The predicted octanol–water partition coefficient (Wildman–Crippen LogP) is 6.39. The molecule has 0 bridgehead atoms. The number of unbranched alkanes of at least 4 members (excludes halogenated alkanes) is 1. The molecule has 2 aromatic rings. The smallest absolute Gasteiger partial charge is 0.150 e. The maximum absolute atomic E-state index is 7.00. The maximum atomic E-state index is 7.00. The molecule has 1 aromatic carbocycles. The van der Waals surface area contributed by atoms with Crippen molar-refractivity contribution in [2.24, 2.45) is 4.99 Å². The van der Waals surface area contributed by atoms with Crippen LogP contribution in [0.2, 0.25) is 0 Å². The molecule has 0 aliphatic carbocycles. The number of pyridine rings is 1. The number of para-hydroxylation sites is 1. The van der Waals surface area contributed by atoms with Crippen LogP contribution in [0.15, 0.2) is 29.3 Å². The summed E-state index contributed by atoms with van der Waals surface area (Å²) in [4.78, 5) is 9.12. The topological polar surface area (TPSA) is 105 Å². The second-order valence-electron chi connectivity index (χ2n) is 9.15. The van der Waals surface area contributed by atoms with E-state index in [9.17, 15) is 0 Å². The van der Waals surface area contributed by atoms with Gasteiger partial charge in [0.1, 0.15) is 11.5 Å². The first-order valence-electron chi connectivity index (χ1n) is 13.4. The van der Waals surface area contributed by atoms with Gasteiger partial charge in [-0.15, -0.1) is 0 Å². The third-order valence-electron chi connectivity index (χ3n) is 4.86. The fourth-order valence-corrected chi connectivity index (χ4v) is 3.02. The highest BCUT2D eigenvalue weighted by Crippen LogP contribution is 2.31. The number of hydrogen-bond donors (Lipinski definition) is 4. The normalized spacial score (nSPS) is 11.0. The molecule has 0 radical (unpaired) electrons. The summed E-state index contributed by atoms with van der Waals surface area (Å²) in [5, 5.41) is 14.7. The number of ether oxygens (including phenoxy) is 1. The number of nitrogens with zero attached hydrogens (tertiary/aromatic N) is 2. The van der Waals surface area contributed by atoms with Gasteiger partial charge in [0.2, 0.25) is 0 Å². The van der Waals surface area contributed by atoms with Gasteiger partial charge in [0.15, 0.2) is 0 Å². The second kappa shape index (κ2) is 22.2. The molecule has 1 heterocycles. The molecule has 36 heavy (non-hydrogen) atoms. The van der Waals surface area contributed by atoms with Crippen LogP contribution in [0.5, 0.6) is 0 Å². The molecule has 7 nitrogen and oxygen atoms in total. The van der Waals surface area contributed by atoms with Crippen LogP contribution in [0.4, 0.5) is 11.5 Å². The molecule has 7 heteroatoms. The van der Waals surface area contributed by atoms with Crippen molar-refractivity contribution in [3.63, 3.8) is 0 Å². The van der Waals surface area contributed by atoms with Gasteiger partial charge in [-0.2, -0.15) is 0 Å². The fraction of sp³-hybridized carbons (Fsp3) is 0.655. The van der Waals surface area contributed by atoms with Gasteiger partial charge in [0.25, 0.3) is 0 Å². The molecular formula is C29H55N5O2. The number of aromatic nitrogens is 1. The minimum atomic E-state index is 0.192. The highest BCUT2D eigenvalue weighted by atomic mass is 16.5. The predicted molar refractivity (Wildman–Crippen MR) is 160 cm³/mol. The van der Waals surface area contributed by atoms with Crippen molar-refractivity contribution in [1.82, 2.24) is 15.6 Å². The third kappa shape index (κ3) is 16.6. The Balaban J connectivity index is 0. The maximum Gasteiger partial charge on any atom is 0.150 e. The molecule has 5 N–H and O–H groups in total. The standard InChI is InChI=1S/C16H21N3.C10H24N2O.C2H6.CH4O/c1-4-5-8-11(2)18-15-12(3)13-9-6-7-10-14(13)19-16(15)17;1-5-7-13-8-6-11-9-12-10(2,3)4;2*1-2/h6-7,9-10H,4-5,8H2,1-3H3,(H2,17,19);11-12H,5-9H2,1-4H3;1-2H3;2H,1H3. The lowest BCUT2D eigenvalue weighted by Gasteiger charge is -2.20. The first kappa shape index (κ1) is 36.1. The summed E-state index contributed by atoms with van der Waals surface area (Å²) in [6.07, 6.45) is 4.45. The molecule has 0 aliphatic rings. The van der Waals surface area contributed by atoms with Crippen LogP contribution in [0.1, 0.15) is 86.6 Å². The lowest BCUT2D eigenvalue weighted by Crippen LogP contribution is -2.42. The average molecular weight is 506 g/mol. The zero-order valence-corrected chi connectivity index (χ0v) is 24.8. The molecular weight excluding hydrogens is 450 g/mol. The number of aliphatic hydroxyl groups is 1. The van der Waals surface area contributed by atoms with Crippen LogP contribution in [0.25, 0.3) is 10.9 Å². The SMILES string of the molecule is CC.CCCCC(C)=Nc1c(N)nc2ccccc2c1C.CCCOCCNCNC(C)(C)C.CO. The van der Waals surface area contributed by atoms with Crippen molar-refractivity contribution in [2.75, 3.05) is 39.3 Å². The van der Waals surface area contributed by atoms with Crippen LogP contribution in [-0.4, -0.2) is 54.9 Å². The number of nitrogens with two attached hydrogens (primary N) is 1. The number of aliphatic hydroxyl groups excluding tert-OH is 1. The minimum Gasteiger partial charge on any atom is -0.400 e. The molecule has 0 atom stereocenters. The number of nitrogens with one attached hydrogen (secondary N) is 2. The molecule has 0 aliphatic heterocycles. The van der Waals surface area contributed by atoms with Crippen molar-refractivity contribution in [1.29, 1.82) is 0 Å². The lowest BCUT2D eigenvalue weighted by atomic mass is 10.1. The first-order chi connectivity index (χ1) is 17.2. The van der Waals surface area contributed by atoms with E-state index in [-0.39, 0.29) is 5.54 Å². The molecule has 0 spiro atoms. The van der Waals surface area contributed by atoms with Crippen molar-refractivity contribution in [2.45, 2.75) is 93.5 Å². The number of rotatable bonds is 11. The number of nitrogen functional groups attached to an aromatic ring is 1. The number of anilines is 1. The summed E-state index contributed by atoms with van der Waals surface area (Å²) in [5.41, 5.74) is 10.2. The second-order valence-corrected chi connectivity index (χ2v) is 9.15. The van der Waals surface area contributed by atoms with E-state index in [2.05, 4.69) is 75.1 Å². The summed E-state index contributed by atoms with van der Waals surface area (Å²) >= 11 is 0. The molecule has 0 saturated carbocycles. The van der Waals surface area contributed by atoms with Gasteiger partial charge >= 0.3 is 0 Å². The lowest BCUT2D eigenvalue weighted by molar-refractivity contribution is 0.135. The van der Waals surface area contributed by atoms with E-state index in [1.54, 1.807) is 0 Å². The van der Waals surface area contributed by atoms with Crippen LogP contribution < -0.4 is 16.4 Å². The van der Waals surface area contributed by atoms with Crippen molar-refractivity contribution in [3.05, 3.63) is 29.8 Å². The Morgan fingerprint density at radius 3 is 2.31 bits per heavy atom. The summed E-state index contributed by atoms with van der Waals surface area (Å²) < 4.78 is 5.32. The Labute approximate surface area is 221 Å². The third-order valence-corrected chi connectivity index (χ3v) is 4.86. The Morgan fingerprint density at radius 1 is 1.08 bits per heavy atom. The zero-order chi connectivity index (χ0) is 28.0. The van der Waals surface area contributed by atoms with E-state index in [1.165, 1.54) is 6.42 Å². The first-order valence-corrected chi connectivity index (χ1v) is 13.4. The van der Waals surface area contributed by atoms with Crippen molar-refractivity contribution >= 4 is 28.1 Å². The highest BCUT2D eigenvalue weighted by Gasteiger charge is 2.09. The molecule has 0 fully saturated rings. The molecule has 1 aromatic heterocycles. The van der Waals surface area contributed by atoms with E-state index < -0.39 is 0 Å². The Kier molecular flexibility index (Phi) is 22.2. The van der Waals surface area contributed by atoms with E-state index >= 15 is 0 Å². The number of hydrogen-bond acceptors (Lipinski definition) is 7. The van der Waals surface area contributed by atoms with Gasteiger partial charge in [0, 0.05) is 43.6 Å². The summed E-state index contributed by atoms with van der Waals surface area (Å²) in [7, 11) is 1.00. The Bertz CT molecular complexity index is 832. The fourth-order valence-electron chi connectivity index (χ4n) is 3.02. The van der Waals surface area contributed by atoms with Gasteiger partial charge in [-0.1, -0.05) is 52.3 Å². The van der Waals surface area contributed by atoms with Crippen LogP contribution in [-0.2, 0) is 4.74 Å². The van der Waals surface area contributed by atoms with Gasteiger partial charge in [0.05, 0.1) is 12.1 Å². The van der Waals surface area contributed by atoms with E-state index in [0.29, 0.717) is 5.82 Å². The molecule has 208 valence electrons. The summed E-state index contributed by atoms with van der Waals surface area (Å²) in [6.45, 7) is 22.3. The number of aryl methyl sites for hydroxylation is 1. The number of aliphatic imine (C=N–C) groups is 1. The Hall–Kier alpha value is -2.06. The molecule has 0 saturated heterocycles. The zero-order valence-electron chi connectivity index (χ0n) is 24.8. The monoisotopic (exact) mass is 505 g/mol. The van der Waals surface area contributed by atoms with Crippen molar-refractivity contribution < 1.29 is 9.84 Å². The van der Waals surface area contributed by atoms with Crippen molar-refractivity contribution in [3.8, 4) is 0 Å². The molecule has 0 amide bonds. The van der Waals surface area contributed by atoms with Gasteiger partial charge in [-0.05, 0) is 65.5 Å².